The highest BCUT2D eigenvalue weighted by Gasteiger charge is 2.05. The van der Waals surface area contributed by atoms with E-state index in [0.29, 0.717) is 13.2 Å². The summed E-state index contributed by atoms with van der Waals surface area (Å²) in [5.74, 6) is 0. The van der Waals surface area contributed by atoms with Crippen molar-refractivity contribution in [2.45, 2.75) is 0 Å². The monoisotopic (exact) mass is 227 g/mol. The van der Waals surface area contributed by atoms with Crippen molar-refractivity contribution in [3.8, 4) is 12.0 Å². The van der Waals surface area contributed by atoms with Gasteiger partial charge in [0.15, 0.2) is 0 Å². The molecule has 5 nitrogen and oxygen atoms in total. The number of ether oxygens (including phenoxy) is 2. The summed E-state index contributed by atoms with van der Waals surface area (Å²) in [5, 5.41) is 0.0168. The second-order valence-corrected chi connectivity index (χ2v) is 2.71. The van der Waals surface area contributed by atoms with Crippen molar-refractivity contribution in [3.05, 3.63) is 30.6 Å². The molecular weight excluding hydrogens is 218 g/mol. The standard InChI is InChI=1S/C9H10ClN3O2/c1-3-5-14-8-11-7(10)12-9(13-8)15-6-4-2/h3-4H,1-2,5-6H2. The minimum absolute atomic E-state index is 0.0168. The zero-order chi connectivity index (χ0) is 11.1. The fraction of sp³-hybridized carbons (Fsp3) is 0.222. The number of nitrogens with zero attached hydrogens (tertiary/aromatic N) is 3. The van der Waals surface area contributed by atoms with E-state index in [-0.39, 0.29) is 17.3 Å². The molecule has 1 aromatic heterocycles. The number of aromatic nitrogens is 3. The largest absolute Gasteiger partial charge is 0.459 e. The summed E-state index contributed by atoms with van der Waals surface area (Å²) in [4.78, 5) is 11.4. The molecule has 0 radical (unpaired) electrons. The predicted molar refractivity (Wildman–Crippen MR) is 56.2 cm³/mol. The molecule has 0 bridgehead atoms. The van der Waals surface area contributed by atoms with E-state index in [2.05, 4.69) is 28.1 Å². The van der Waals surface area contributed by atoms with E-state index in [1.54, 1.807) is 12.2 Å². The van der Waals surface area contributed by atoms with Gasteiger partial charge in [-0.3, -0.25) is 0 Å². The average molecular weight is 228 g/mol. The zero-order valence-corrected chi connectivity index (χ0v) is 8.78. The topological polar surface area (TPSA) is 57.1 Å². The first-order valence-electron chi connectivity index (χ1n) is 4.15. The molecule has 0 aliphatic rings. The van der Waals surface area contributed by atoms with Crippen molar-refractivity contribution in [1.29, 1.82) is 0 Å². The molecule has 0 N–H and O–H groups in total. The van der Waals surface area contributed by atoms with Crippen LogP contribution in [0.1, 0.15) is 0 Å². The van der Waals surface area contributed by atoms with Gasteiger partial charge < -0.3 is 9.47 Å². The van der Waals surface area contributed by atoms with E-state index in [0.717, 1.165) is 0 Å². The van der Waals surface area contributed by atoms with E-state index < -0.39 is 0 Å². The van der Waals surface area contributed by atoms with Gasteiger partial charge in [-0.2, -0.15) is 9.97 Å². The van der Waals surface area contributed by atoms with Crippen molar-refractivity contribution >= 4 is 11.6 Å². The van der Waals surface area contributed by atoms with Crippen LogP contribution in [0, 0.1) is 0 Å². The third kappa shape index (κ3) is 3.95. The number of hydrogen-bond donors (Lipinski definition) is 0. The third-order valence-corrected chi connectivity index (χ3v) is 1.40. The van der Waals surface area contributed by atoms with E-state index in [9.17, 15) is 0 Å². The Morgan fingerprint density at radius 2 is 1.47 bits per heavy atom. The second kappa shape index (κ2) is 5.98. The normalized spacial score (nSPS) is 9.40. The molecule has 6 heteroatoms. The first-order valence-corrected chi connectivity index (χ1v) is 4.53. The van der Waals surface area contributed by atoms with Crippen molar-refractivity contribution in [3.63, 3.8) is 0 Å². The Labute approximate surface area is 92.4 Å². The molecule has 0 aliphatic heterocycles. The SMILES string of the molecule is C=CCOc1nc(Cl)nc(OCC=C)n1. The highest BCUT2D eigenvalue weighted by Crippen LogP contribution is 2.12. The Bertz CT molecular complexity index is 327. The summed E-state index contributed by atoms with van der Waals surface area (Å²) in [6, 6.07) is 0.211. The summed E-state index contributed by atoms with van der Waals surface area (Å²) in [5.41, 5.74) is 0. The molecule has 0 atom stereocenters. The molecule has 1 heterocycles. The minimum atomic E-state index is 0.0168. The lowest BCUT2D eigenvalue weighted by molar-refractivity contribution is 0.298. The van der Waals surface area contributed by atoms with Crippen LogP contribution in [0.4, 0.5) is 0 Å². The van der Waals surface area contributed by atoms with Gasteiger partial charge in [-0.05, 0) is 11.6 Å². The van der Waals surface area contributed by atoms with Crippen LogP contribution in [-0.2, 0) is 0 Å². The van der Waals surface area contributed by atoms with Crippen molar-refractivity contribution in [1.82, 2.24) is 15.0 Å². The molecule has 0 spiro atoms. The van der Waals surface area contributed by atoms with Crippen LogP contribution < -0.4 is 9.47 Å². The van der Waals surface area contributed by atoms with Gasteiger partial charge in [-0.15, -0.1) is 4.98 Å². The molecule has 1 rings (SSSR count). The van der Waals surface area contributed by atoms with Crippen LogP contribution in [-0.4, -0.2) is 28.2 Å². The number of hydrogen-bond acceptors (Lipinski definition) is 5. The summed E-state index contributed by atoms with van der Waals surface area (Å²) >= 11 is 5.63. The minimum Gasteiger partial charge on any atom is -0.459 e. The van der Waals surface area contributed by atoms with Crippen molar-refractivity contribution < 1.29 is 9.47 Å². The summed E-state index contributed by atoms with van der Waals surface area (Å²) in [6.07, 6.45) is 3.14. The lowest BCUT2D eigenvalue weighted by atomic mass is 10.7. The molecular formula is C9H10ClN3O2. The van der Waals surface area contributed by atoms with Gasteiger partial charge in [-0.25, -0.2) is 0 Å². The zero-order valence-electron chi connectivity index (χ0n) is 8.02. The molecule has 0 aromatic carbocycles. The van der Waals surface area contributed by atoms with Gasteiger partial charge in [0, 0.05) is 0 Å². The molecule has 0 saturated heterocycles. The van der Waals surface area contributed by atoms with E-state index in [1.807, 2.05) is 0 Å². The Hall–Kier alpha value is -1.62. The predicted octanol–water partition coefficient (Wildman–Crippen LogP) is 1.65. The summed E-state index contributed by atoms with van der Waals surface area (Å²) < 4.78 is 10.2. The maximum Gasteiger partial charge on any atom is 0.324 e. The fourth-order valence-corrected chi connectivity index (χ4v) is 0.855. The third-order valence-electron chi connectivity index (χ3n) is 1.23. The van der Waals surface area contributed by atoms with E-state index in [4.69, 9.17) is 21.1 Å². The maximum atomic E-state index is 5.63. The molecule has 0 amide bonds. The second-order valence-electron chi connectivity index (χ2n) is 2.37. The average Bonchev–Trinajstić information content (AvgIpc) is 2.23. The van der Waals surface area contributed by atoms with Crippen LogP contribution in [0.25, 0.3) is 0 Å². The highest BCUT2D eigenvalue weighted by atomic mass is 35.5. The summed E-state index contributed by atoms with van der Waals surface area (Å²) in [7, 11) is 0. The fourth-order valence-electron chi connectivity index (χ4n) is 0.711. The van der Waals surface area contributed by atoms with Crippen LogP contribution >= 0.6 is 11.6 Å². The maximum absolute atomic E-state index is 5.63. The lowest BCUT2D eigenvalue weighted by Crippen LogP contribution is -2.04. The lowest BCUT2D eigenvalue weighted by Gasteiger charge is -2.04. The number of rotatable bonds is 6. The molecule has 0 aliphatic carbocycles. The van der Waals surface area contributed by atoms with Crippen LogP contribution in [0.15, 0.2) is 25.3 Å². The van der Waals surface area contributed by atoms with Crippen LogP contribution in [0.3, 0.4) is 0 Å². The Morgan fingerprint density at radius 1 is 1.00 bits per heavy atom. The van der Waals surface area contributed by atoms with Crippen LogP contribution in [0.2, 0.25) is 5.28 Å². The quantitative estimate of drug-likeness (QED) is 0.692. The van der Waals surface area contributed by atoms with Gasteiger partial charge in [0.2, 0.25) is 5.28 Å². The van der Waals surface area contributed by atoms with E-state index >= 15 is 0 Å². The Kier molecular flexibility index (Phi) is 4.56. The molecule has 80 valence electrons. The Morgan fingerprint density at radius 3 is 1.87 bits per heavy atom. The van der Waals surface area contributed by atoms with Gasteiger partial charge in [0.05, 0.1) is 0 Å². The van der Waals surface area contributed by atoms with Gasteiger partial charge in [-0.1, -0.05) is 25.3 Å². The first-order chi connectivity index (χ1) is 7.26. The van der Waals surface area contributed by atoms with Crippen molar-refractivity contribution in [2.24, 2.45) is 0 Å². The van der Waals surface area contributed by atoms with Gasteiger partial charge in [0.1, 0.15) is 13.2 Å². The number of halogens is 1. The van der Waals surface area contributed by atoms with Crippen LogP contribution in [0.5, 0.6) is 12.0 Å². The highest BCUT2D eigenvalue weighted by molar-refractivity contribution is 6.28. The summed E-state index contributed by atoms with van der Waals surface area (Å²) in [6.45, 7) is 7.58. The molecule has 0 saturated carbocycles. The smallest absolute Gasteiger partial charge is 0.324 e. The first kappa shape index (κ1) is 11.5. The van der Waals surface area contributed by atoms with Gasteiger partial charge in [0.25, 0.3) is 0 Å². The van der Waals surface area contributed by atoms with Gasteiger partial charge >= 0.3 is 12.0 Å². The van der Waals surface area contributed by atoms with Crippen molar-refractivity contribution in [2.75, 3.05) is 13.2 Å². The molecule has 15 heavy (non-hydrogen) atoms. The molecule has 0 unspecified atom stereocenters. The Balaban J connectivity index is 2.74. The van der Waals surface area contributed by atoms with E-state index in [1.165, 1.54) is 0 Å². The molecule has 1 aromatic rings. The molecule has 0 fully saturated rings.